The average Bonchev–Trinajstić information content (AvgIpc) is 2.97. The van der Waals surface area contributed by atoms with Crippen molar-refractivity contribution in [1.29, 1.82) is 0 Å². The molecule has 0 amide bonds. The molecular weight excluding hydrogens is 344 g/mol. The number of nitrogens with one attached hydrogen (secondary N) is 2. The highest BCUT2D eigenvalue weighted by molar-refractivity contribution is 5.79. The molecule has 1 aromatic heterocycles. The van der Waals surface area contributed by atoms with E-state index >= 15 is 0 Å². The number of hydrogen-bond donors (Lipinski definition) is 2. The molecule has 0 saturated carbocycles. The molecule has 0 atom stereocenters. The summed E-state index contributed by atoms with van der Waals surface area (Å²) in [6.07, 6.45) is 4.86. The van der Waals surface area contributed by atoms with Gasteiger partial charge in [-0.3, -0.25) is 9.56 Å². The van der Waals surface area contributed by atoms with Gasteiger partial charge in [0.15, 0.2) is 5.96 Å². The molecule has 0 fully saturated rings. The van der Waals surface area contributed by atoms with Crippen molar-refractivity contribution in [1.82, 2.24) is 25.0 Å². The number of aliphatic imine (C=N–C) groups is 1. The molecule has 8 heteroatoms. The Balaban J connectivity index is 1.70. The summed E-state index contributed by atoms with van der Waals surface area (Å²) in [5, 5.41) is 11.0. The molecule has 2 rings (SSSR count). The second-order valence-corrected chi connectivity index (χ2v) is 7.39. The zero-order valence-corrected chi connectivity index (χ0v) is 17.2. The van der Waals surface area contributed by atoms with Crippen LogP contribution in [0.5, 0.6) is 0 Å². The van der Waals surface area contributed by atoms with E-state index in [-0.39, 0.29) is 5.69 Å². The molecule has 0 saturated heterocycles. The Labute approximate surface area is 162 Å². The van der Waals surface area contributed by atoms with Gasteiger partial charge in [0, 0.05) is 52.4 Å². The molecule has 0 unspecified atom stereocenters. The van der Waals surface area contributed by atoms with Crippen LogP contribution in [0.2, 0.25) is 0 Å². The van der Waals surface area contributed by atoms with Crippen LogP contribution in [0.1, 0.15) is 52.3 Å². The van der Waals surface area contributed by atoms with Crippen LogP contribution in [-0.4, -0.2) is 53.2 Å². The first-order chi connectivity index (χ1) is 13.1. The molecule has 1 aliphatic heterocycles. The Morgan fingerprint density at radius 2 is 2.15 bits per heavy atom. The van der Waals surface area contributed by atoms with Gasteiger partial charge >= 0.3 is 5.69 Å². The van der Waals surface area contributed by atoms with E-state index in [2.05, 4.69) is 41.5 Å². The van der Waals surface area contributed by atoms with Crippen LogP contribution in [0.4, 0.5) is 0 Å². The molecule has 0 spiro atoms. The van der Waals surface area contributed by atoms with Gasteiger partial charge in [-0.2, -0.15) is 5.10 Å². The van der Waals surface area contributed by atoms with Gasteiger partial charge in [0.2, 0.25) is 0 Å². The van der Waals surface area contributed by atoms with E-state index in [0.717, 1.165) is 76.7 Å². The van der Waals surface area contributed by atoms with Crippen LogP contribution in [0.3, 0.4) is 0 Å². The summed E-state index contributed by atoms with van der Waals surface area (Å²) in [5.74, 6) is 2.33. The Morgan fingerprint density at radius 1 is 1.30 bits per heavy atom. The second kappa shape index (κ2) is 11.8. The van der Waals surface area contributed by atoms with Gasteiger partial charge in [0.05, 0.1) is 0 Å². The van der Waals surface area contributed by atoms with Crippen LogP contribution < -0.4 is 16.3 Å². The minimum Gasteiger partial charge on any atom is -0.381 e. The number of guanidine groups is 1. The molecule has 0 radical (unpaired) electrons. The highest BCUT2D eigenvalue weighted by Crippen LogP contribution is 2.09. The topological polar surface area (TPSA) is 85.5 Å². The summed E-state index contributed by atoms with van der Waals surface area (Å²) >= 11 is 0. The van der Waals surface area contributed by atoms with Gasteiger partial charge in [-0.25, -0.2) is 9.48 Å². The monoisotopic (exact) mass is 380 g/mol. The van der Waals surface area contributed by atoms with Crippen molar-refractivity contribution in [2.45, 2.75) is 66.0 Å². The fourth-order valence-electron chi connectivity index (χ4n) is 3.05. The summed E-state index contributed by atoms with van der Waals surface area (Å²) in [6, 6.07) is 0. The Hall–Kier alpha value is -1.83. The van der Waals surface area contributed by atoms with Crippen molar-refractivity contribution < 1.29 is 4.74 Å². The number of aryl methyl sites for hydroxylation is 2. The summed E-state index contributed by atoms with van der Waals surface area (Å²) in [4.78, 5) is 16.9. The van der Waals surface area contributed by atoms with E-state index in [9.17, 15) is 4.79 Å². The quantitative estimate of drug-likeness (QED) is 0.344. The van der Waals surface area contributed by atoms with Crippen LogP contribution in [-0.2, 0) is 24.2 Å². The number of aromatic nitrogens is 3. The Kier molecular flexibility index (Phi) is 9.38. The van der Waals surface area contributed by atoms with E-state index in [1.165, 1.54) is 0 Å². The minimum absolute atomic E-state index is 0.0279. The van der Waals surface area contributed by atoms with Crippen LogP contribution in [0.25, 0.3) is 0 Å². The summed E-state index contributed by atoms with van der Waals surface area (Å²) in [7, 11) is 0. The summed E-state index contributed by atoms with van der Waals surface area (Å²) in [5.41, 5.74) is 0.0279. The number of fused-ring (bicyclic) bond motifs is 1. The maximum absolute atomic E-state index is 12.3. The zero-order chi connectivity index (χ0) is 19.5. The van der Waals surface area contributed by atoms with Crippen molar-refractivity contribution in [2.24, 2.45) is 10.9 Å². The van der Waals surface area contributed by atoms with Gasteiger partial charge in [0.25, 0.3) is 0 Å². The van der Waals surface area contributed by atoms with Crippen molar-refractivity contribution >= 4 is 5.96 Å². The first-order valence-corrected chi connectivity index (χ1v) is 10.4. The second-order valence-electron chi connectivity index (χ2n) is 7.39. The van der Waals surface area contributed by atoms with Crippen molar-refractivity contribution in [3.05, 3.63) is 16.3 Å². The fourth-order valence-corrected chi connectivity index (χ4v) is 3.05. The number of rotatable bonds is 11. The predicted molar refractivity (Wildman–Crippen MR) is 108 cm³/mol. The first-order valence-electron chi connectivity index (χ1n) is 10.4. The first kappa shape index (κ1) is 21.5. The highest BCUT2D eigenvalue weighted by Gasteiger charge is 2.16. The zero-order valence-electron chi connectivity index (χ0n) is 17.2. The summed E-state index contributed by atoms with van der Waals surface area (Å²) < 4.78 is 9.01. The lowest BCUT2D eigenvalue weighted by Crippen LogP contribution is -2.38. The molecule has 0 aliphatic carbocycles. The molecule has 154 valence electrons. The molecule has 0 aromatic carbocycles. The SMILES string of the molecule is CCNC(=NCCCn1nc2n(c1=O)CCCC2)NCCCOCC(C)C. The van der Waals surface area contributed by atoms with Gasteiger partial charge in [-0.15, -0.1) is 0 Å². The van der Waals surface area contributed by atoms with E-state index in [4.69, 9.17) is 4.74 Å². The van der Waals surface area contributed by atoms with Crippen molar-refractivity contribution in [2.75, 3.05) is 32.8 Å². The number of ether oxygens (including phenoxy) is 1. The molecular formula is C19H36N6O2. The molecule has 0 bridgehead atoms. The highest BCUT2D eigenvalue weighted by atomic mass is 16.5. The third-order valence-electron chi connectivity index (χ3n) is 4.38. The van der Waals surface area contributed by atoms with Crippen molar-refractivity contribution in [3.8, 4) is 0 Å². The molecule has 27 heavy (non-hydrogen) atoms. The maximum Gasteiger partial charge on any atom is 0.345 e. The number of hydrogen-bond acceptors (Lipinski definition) is 4. The standard InChI is InChI=1S/C19H36N6O2/c1-4-20-18(22-11-8-14-27-15-16(2)3)21-10-7-13-25-19(26)24-12-6-5-9-17(24)23-25/h16H,4-15H2,1-3H3,(H2,20,21,22). The van der Waals surface area contributed by atoms with E-state index in [0.29, 0.717) is 19.0 Å². The van der Waals surface area contributed by atoms with E-state index in [1.54, 1.807) is 4.68 Å². The van der Waals surface area contributed by atoms with Crippen LogP contribution in [0, 0.1) is 5.92 Å². The largest absolute Gasteiger partial charge is 0.381 e. The molecule has 2 N–H and O–H groups in total. The summed E-state index contributed by atoms with van der Waals surface area (Å²) in [6.45, 7) is 11.7. The smallest absolute Gasteiger partial charge is 0.345 e. The van der Waals surface area contributed by atoms with Crippen LogP contribution in [0.15, 0.2) is 9.79 Å². The fraction of sp³-hybridized carbons (Fsp3) is 0.842. The van der Waals surface area contributed by atoms with Gasteiger partial charge < -0.3 is 15.4 Å². The lowest BCUT2D eigenvalue weighted by molar-refractivity contribution is 0.108. The lowest BCUT2D eigenvalue weighted by Gasteiger charge is -2.12. The molecule has 1 aliphatic rings. The Bertz CT molecular complexity index is 635. The minimum atomic E-state index is 0.0279. The predicted octanol–water partition coefficient (Wildman–Crippen LogP) is 1.39. The molecule has 1 aromatic rings. The van der Waals surface area contributed by atoms with E-state index < -0.39 is 0 Å². The third kappa shape index (κ3) is 7.36. The van der Waals surface area contributed by atoms with Gasteiger partial charge in [-0.1, -0.05) is 13.8 Å². The van der Waals surface area contributed by atoms with Gasteiger partial charge in [-0.05, 0) is 38.5 Å². The van der Waals surface area contributed by atoms with E-state index in [1.807, 2.05) is 4.57 Å². The van der Waals surface area contributed by atoms with Gasteiger partial charge in [0.1, 0.15) is 5.82 Å². The number of nitrogens with zero attached hydrogens (tertiary/aromatic N) is 4. The normalized spacial score (nSPS) is 14.4. The van der Waals surface area contributed by atoms with Crippen LogP contribution >= 0.6 is 0 Å². The molecule has 2 heterocycles. The maximum atomic E-state index is 12.3. The third-order valence-corrected chi connectivity index (χ3v) is 4.38. The van der Waals surface area contributed by atoms with Crippen molar-refractivity contribution in [3.63, 3.8) is 0 Å². The molecule has 8 nitrogen and oxygen atoms in total. The Morgan fingerprint density at radius 3 is 2.89 bits per heavy atom. The average molecular weight is 381 g/mol. The lowest BCUT2D eigenvalue weighted by atomic mass is 10.2.